The molecular formula is C11H10F3NO4. The van der Waals surface area contributed by atoms with Crippen LogP contribution in [0.1, 0.15) is 23.2 Å². The molecule has 0 aliphatic heterocycles. The number of aromatic hydroxyl groups is 1. The molecule has 5 nitrogen and oxygen atoms in total. The minimum Gasteiger partial charge on any atom is -0.506 e. The molecule has 0 atom stereocenters. The quantitative estimate of drug-likeness (QED) is 0.737. The smallest absolute Gasteiger partial charge is 0.389 e. The summed E-state index contributed by atoms with van der Waals surface area (Å²) in [4.78, 5) is 21.8. The van der Waals surface area contributed by atoms with E-state index in [2.05, 4.69) is 5.32 Å². The molecule has 0 aliphatic carbocycles. The van der Waals surface area contributed by atoms with E-state index in [-0.39, 0.29) is 11.3 Å². The first-order chi connectivity index (χ1) is 8.69. The lowest BCUT2D eigenvalue weighted by molar-refractivity contribution is -0.142. The third-order valence-corrected chi connectivity index (χ3v) is 2.15. The van der Waals surface area contributed by atoms with Crippen molar-refractivity contribution in [2.75, 3.05) is 5.32 Å². The van der Waals surface area contributed by atoms with Crippen molar-refractivity contribution in [2.24, 2.45) is 0 Å². The van der Waals surface area contributed by atoms with Crippen molar-refractivity contribution in [1.29, 1.82) is 0 Å². The lowest BCUT2D eigenvalue weighted by Crippen LogP contribution is -2.16. The number of carboxylic acid groups (broad SMARTS) is 1. The Labute approximate surface area is 105 Å². The third-order valence-electron chi connectivity index (χ3n) is 2.15. The van der Waals surface area contributed by atoms with Gasteiger partial charge in [-0.3, -0.25) is 4.79 Å². The lowest BCUT2D eigenvalue weighted by Gasteiger charge is -2.09. The molecule has 0 saturated heterocycles. The van der Waals surface area contributed by atoms with E-state index in [1.165, 1.54) is 0 Å². The molecule has 0 spiro atoms. The number of phenols is 1. The Hall–Kier alpha value is -2.25. The number of carboxylic acids is 1. The minimum atomic E-state index is -4.44. The van der Waals surface area contributed by atoms with Crippen LogP contribution in [0.4, 0.5) is 18.9 Å². The highest BCUT2D eigenvalue weighted by atomic mass is 19.4. The van der Waals surface area contributed by atoms with E-state index in [0.717, 1.165) is 18.2 Å². The average Bonchev–Trinajstić information content (AvgIpc) is 2.28. The van der Waals surface area contributed by atoms with Gasteiger partial charge in [0.2, 0.25) is 5.91 Å². The fourth-order valence-corrected chi connectivity index (χ4v) is 1.24. The molecule has 1 amide bonds. The number of amides is 1. The second-order valence-electron chi connectivity index (χ2n) is 3.70. The first-order valence-corrected chi connectivity index (χ1v) is 5.12. The molecule has 0 radical (unpaired) electrons. The molecule has 0 fully saturated rings. The Morgan fingerprint density at radius 1 is 1.26 bits per heavy atom. The Kier molecular flexibility index (Phi) is 4.36. The number of aromatic carboxylic acids is 1. The average molecular weight is 277 g/mol. The maximum absolute atomic E-state index is 11.9. The number of carbonyl (C=O) groups excluding carboxylic acids is 1. The van der Waals surface area contributed by atoms with Crippen molar-refractivity contribution in [1.82, 2.24) is 0 Å². The molecule has 1 rings (SSSR count). The molecule has 8 heteroatoms. The monoisotopic (exact) mass is 277 g/mol. The van der Waals surface area contributed by atoms with Crippen molar-refractivity contribution in [3.8, 4) is 5.75 Å². The number of hydrogen-bond acceptors (Lipinski definition) is 3. The lowest BCUT2D eigenvalue weighted by atomic mass is 10.2. The number of carbonyl (C=O) groups is 2. The normalized spacial score (nSPS) is 11.1. The standard InChI is InChI=1S/C11H10F3NO4/c12-11(13,14)4-3-9(17)15-7-2-1-6(10(18)19)5-8(7)16/h1-2,5,16H,3-4H2,(H,15,17)(H,18,19). The van der Waals surface area contributed by atoms with Crippen molar-refractivity contribution >= 4 is 17.6 Å². The second-order valence-corrected chi connectivity index (χ2v) is 3.70. The number of nitrogens with one attached hydrogen (secondary N) is 1. The number of halogens is 3. The number of anilines is 1. The maximum Gasteiger partial charge on any atom is 0.389 e. The summed E-state index contributed by atoms with van der Waals surface area (Å²) in [7, 11) is 0. The molecule has 0 saturated carbocycles. The predicted molar refractivity (Wildman–Crippen MR) is 59.0 cm³/mol. The number of benzene rings is 1. The van der Waals surface area contributed by atoms with E-state index in [1.54, 1.807) is 0 Å². The van der Waals surface area contributed by atoms with Crippen LogP contribution in [0.2, 0.25) is 0 Å². The summed E-state index contributed by atoms with van der Waals surface area (Å²) in [6.07, 6.45) is -6.48. The molecule has 0 heterocycles. The van der Waals surface area contributed by atoms with Gasteiger partial charge in [0.1, 0.15) is 5.75 Å². The molecule has 0 unspecified atom stereocenters. The van der Waals surface area contributed by atoms with Gasteiger partial charge in [0, 0.05) is 6.42 Å². The Morgan fingerprint density at radius 2 is 1.89 bits per heavy atom. The van der Waals surface area contributed by atoms with E-state index in [1.807, 2.05) is 0 Å². The molecule has 1 aromatic rings. The Morgan fingerprint density at radius 3 is 2.37 bits per heavy atom. The van der Waals surface area contributed by atoms with Gasteiger partial charge in [0.15, 0.2) is 0 Å². The van der Waals surface area contributed by atoms with Crippen molar-refractivity contribution in [3.63, 3.8) is 0 Å². The van der Waals surface area contributed by atoms with Crippen LogP contribution in [0, 0.1) is 0 Å². The first kappa shape index (κ1) is 14.8. The third kappa shape index (κ3) is 4.86. The zero-order chi connectivity index (χ0) is 14.6. The zero-order valence-corrected chi connectivity index (χ0v) is 9.49. The number of phenolic OH excluding ortho intramolecular Hbond substituents is 1. The van der Waals surface area contributed by atoms with Crippen molar-refractivity contribution in [3.05, 3.63) is 23.8 Å². The maximum atomic E-state index is 11.9. The fraction of sp³-hybridized carbons (Fsp3) is 0.273. The summed E-state index contributed by atoms with van der Waals surface area (Å²) in [5, 5.41) is 20.1. The second kappa shape index (κ2) is 5.59. The van der Waals surface area contributed by atoms with Gasteiger partial charge in [0.05, 0.1) is 17.7 Å². The summed E-state index contributed by atoms with van der Waals surface area (Å²) in [5.74, 6) is -2.72. The fourth-order valence-electron chi connectivity index (χ4n) is 1.24. The van der Waals surface area contributed by atoms with Crippen LogP contribution in [-0.2, 0) is 4.79 Å². The molecule has 0 aromatic heterocycles. The van der Waals surface area contributed by atoms with Crippen LogP contribution >= 0.6 is 0 Å². The van der Waals surface area contributed by atoms with Gasteiger partial charge in [-0.15, -0.1) is 0 Å². The number of hydrogen-bond donors (Lipinski definition) is 3. The van der Waals surface area contributed by atoms with E-state index < -0.39 is 36.6 Å². The molecule has 0 aliphatic rings. The van der Waals surface area contributed by atoms with Crippen LogP contribution in [-0.4, -0.2) is 28.3 Å². The van der Waals surface area contributed by atoms with Crippen molar-refractivity contribution in [2.45, 2.75) is 19.0 Å². The van der Waals surface area contributed by atoms with Gasteiger partial charge in [-0.2, -0.15) is 13.2 Å². The van der Waals surface area contributed by atoms with E-state index in [0.29, 0.717) is 0 Å². The van der Waals surface area contributed by atoms with Crippen LogP contribution in [0.3, 0.4) is 0 Å². The van der Waals surface area contributed by atoms with Gasteiger partial charge < -0.3 is 15.5 Å². The van der Waals surface area contributed by atoms with E-state index in [4.69, 9.17) is 5.11 Å². The molecule has 0 bridgehead atoms. The number of rotatable bonds is 4. The van der Waals surface area contributed by atoms with Gasteiger partial charge in [-0.1, -0.05) is 0 Å². The summed E-state index contributed by atoms with van der Waals surface area (Å²) < 4.78 is 35.6. The molecule has 3 N–H and O–H groups in total. The topological polar surface area (TPSA) is 86.6 Å². The largest absolute Gasteiger partial charge is 0.506 e. The van der Waals surface area contributed by atoms with Crippen molar-refractivity contribution < 1.29 is 33.0 Å². The summed E-state index contributed by atoms with van der Waals surface area (Å²) >= 11 is 0. The van der Waals surface area contributed by atoms with Crippen LogP contribution in [0.15, 0.2) is 18.2 Å². The first-order valence-electron chi connectivity index (χ1n) is 5.12. The molecule has 19 heavy (non-hydrogen) atoms. The van der Waals surface area contributed by atoms with Crippen LogP contribution < -0.4 is 5.32 Å². The zero-order valence-electron chi connectivity index (χ0n) is 9.49. The highest BCUT2D eigenvalue weighted by molar-refractivity contribution is 5.94. The van der Waals surface area contributed by atoms with Gasteiger partial charge in [-0.05, 0) is 18.2 Å². The predicted octanol–water partition coefficient (Wildman–Crippen LogP) is 2.37. The summed E-state index contributed by atoms with van der Waals surface area (Å²) in [6.45, 7) is 0. The summed E-state index contributed by atoms with van der Waals surface area (Å²) in [6, 6.07) is 3.10. The van der Waals surface area contributed by atoms with Gasteiger partial charge >= 0.3 is 12.1 Å². The van der Waals surface area contributed by atoms with Gasteiger partial charge in [0.25, 0.3) is 0 Å². The highest BCUT2D eigenvalue weighted by Crippen LogP contribution is 2.26. The van der Waals surface area contributed by atoms with Gasteiger partial charge in [-0.25, -0.2) is 4.79 Å². The highest BCUT2D eigenvalue weighted by Gasteiger charge is 2.28. The Balaban J connectivity index is 2.67. The molecule has 1 aromatic carbocycles. The van der Waals surface area contributed by atoms with E-state index >= 15 is 0 Å². The SMILES string of the molecule is O=C(CCC(F)(F)F)Nc1ccc(C(=O)O)cc1O. The molecule has 104 valence electrons. The van der Waals surface area contributed by atoms with Crippen LogP contribution in [0.5, 0.6) is 5.75 Å². The molecular weight excluding hydrogens is 267 g/mol. The van der Waals surface area contributed by atoms with Crippen LogP contribution in [0.25, 0.3) is 0 Å². The number of alkyl halides is 3. The Bertz CT molecular complexity index is 499. The minimum absolute atomic E-state index is 0.142. The summed E-state index contributed by atoms with van der Waals surface area (Å²) in [5.41, 5.74) is -0.344. The van der Waals surface area contributed by atoms with E-state index in [9.17, 15) is 27.9 Å².